The first-order valence-corrected chi connectivity index (χ1v) is 7.34. The Morgan fingerprint density at radius 3 is 3.00 bits per heavy atom. The summed E-state index contributed by atoms with van der Waals surface area (Å²) in [5.41, 5.74) is 2.83. The van der Waals surface area contributed by atoms with Gasteiger partial charge in [0.15, 0.2) is 0 Å². The van der Waals surface area contributed by atoms with Crippen LogP contribution in [0.15, 0.2) is 24.3 Å². The molecule has 0 amide bonds. The van der Waals surface area contributed by atoms with Crippen molar-refractivity contribution in [1.29, 1.82) is 0 Å². The largest absolute Gasteiger partial charge is 0.379 e. The fourth-order valence-electron chi connectivity index (χ4n) is 2.63. The molecule has 0 bridgehead atoms. The van der Waals surface area contributed by atoms with Crippen LogP contribution in [0.1, 0.15) is 24.5 Å². The molecular formula is C16H26N2O. The van der Waals surface area contributed by atoms with Gasteiger partial charge in [-0.1, -0.05) is 24.3 Å². The summed E-state index contributed by atoms with van der Waals surface area (Å²) in [6.45, 7) is 8.17. The van der Waals surface area contributed by atoms with Gasteiger partial charge in [-0.3, -0.25) is 0 Å². The van der Waals surface area contributed by atoms with E-state index in [9.17, 15) is 0 Å². The van der Waals surface area contributed by atoms with E-state index in [0.717, 1.165) is 39.1 Å². The second-order valence-electron chi connectivity index (χ2n) is 5.49. The van der Waals surface area contributed by atoms with Crippen LogP contribution in [0.25, 0.3) is 0 Å². The minimum Gasteiger partial charge on any atom is -0.379 e. The topological polar surface area (TPSA) is 33.3 Å². The van der Waals surface area contributed by atoms with Crippen molar-refractivity contribution >= 4 is 0 Å². The zero-order valence-corrected chi connectivity index (χ0v) is 12.1. The first-order valence-electron chi connectivity index (χ1n) is 7.34. The van der Waals surface area contributed by atoms with Crippen molar-refractivity contribution in [1.82, 2.24) is 10.6 Å². The molecule has 1 saturated heterocycles. The number of hydrogen-bond acceptors (Lipinski definition) is 3. The maximum Gasteiger partial charge on any atom is 0.0620 e. The molecule has 1 aromatic rings. The van der Waals surface area contributed by atoms with Crippen molar-refractivity contribution in [2.24, 2.45) is 0 Å². The molecule has 1 heterocycles. The predicted molar refractivity (Wildman–Crippen MR) is 79.6 cm³/mol. The van der Waals surface area contributed by atoms with Crippen LogP contribution in [0, 0.1) is 6.92 Å². The minimum absolute atomic E-state index is 0.509. The van der Waals surface area contributed by atoms with E-state index in [0.29, 0.717) is 12.1 Å². The van der Waals surface area contributed by atoms with E-state index in [1.807, 2.05) is 0 Å². The van der Waals surface area contributed by atoms with Crippen molar-refractivity contribution in [2.75, 3.05) is 26.3 Å². The van der Waals surface area contributed by atoms with E-state index < -0.39 is 0 Å². The molecule has 0 spiro atoms. The van der Waals surface area contributed by atoms with E-state index in [4.69, 9.17) is 4.74 Å². The summed E-state index contributed by atoms with van der Waals surface area (Å²) in [7, 11) is 0. The smallest absolute Gasteiger partial charge is 0.0620 e. The summed E-state index contributed by atoms with van der Waals surface area (Å²) in [6.07, 6.45) is 2.24. The van der Waals surface area contributed by atoms with Crippen LogP contribution in [-0.2, 0) is 11.2 Å². The van der Waals surface area contributed by atoms with Crippen LogP contribution in [0.3, 0.4) is 0 Å². The van der Waals surface area contributed by atoms with Crippen molar-refractivity contribution in [3.63, 3.8) is 0 Å². The summed E-state index contributed by atoms with van der Waals surface area (Å²) in [6, 6.07) is 9.66. The monoisotopic (exact) mass is 262 g/mol. The number of ether oxygens (including phenoxy) is 1. The number of hydrogen-bond donors (Lipinski definition) is 2. The molecule has 1 fully saturated rings. The summed E-state index contributed by atoms with van der Waals surface area (Å²) in [5, 5.41) is 7.11. The first-order chi connectivity index (χ1) is 9.25. The Kier molecular flexibility index (Phi) is 5.83. The van der Waals surface area contributed by atoms with Crippen LogP contribution >= 0.6 is 0 Å². The average molecular weight is 262 g/mol. The van der Waals surface area contributed by atoms with Gasteiger partial charge in [0.05, 0.1) is 13.2 Å². The van der Waals surface area contributed by atoms with Crippen molar-refractivity contribution < 1.29 is 4.74 Å². The standard InChI is InChI=1S/C16H26N2O/c1-13-5-3-4-6-15(13)7-8-17-14(2)11-16-12-19-10-9-18-16/h3-6,14,16-18H,7-12H2,1-2H3. The van der Waals surface area contributed by atoms with Crippen molar-refractivity contribution in [3.05, 3.63) is 35.4 Å². The normalized spacial score (nSPS) is 21.3. The minimum atomic E-state index is 0.509. The molecular weight excluding hydrogens is 236 g/mol. The van der Waals surface area contributed by atoms with E-state index in [1.165, 1.54) is 11.1 Å². The first kappa shape index (κ1) is 14.5. The molecule has 19 heavy (non-hydrogen) atoms. The molecule has 1 aromatic carbocycles. The molecule has 1 aliphatic heterocycles. The summed E-state index contributed by atoms with van der Waals surface area (Å²) in [4.78, 5) is 0. The maximum atomic E-state index is 5.48. The highest BCUT2D eigenvalue weighted by molar-refractivity contribution is 5.25. The lowest BCUT2D eigenvalue weighted by Gasteiger charge is -2.26. The highest BCUT2D eigenvalue weighted by atomic mass is 16.5. The molecule has 3 nitrogen and oxygen atoms in total. The van der Waals surface area contributed by atoms with Crippen LogP contribution in [0.2, 0.25) is 0 Å². The SMILES string of the molecule is Cc1ccccc1CCNC(C)CC1COCCN1. The molecule has 0 aromatic heterocycles. The van der Waals surface area contributed by atoms with Crippen LogP contribution < -0.4 is 10.6 Å². The van der Waals surface area contributed by atoms with E-state index >= 15 is 0 Å². The van der Waals surface area contributed by atoms with Gasteiger partial charge in [-0.15, -0.1) is 0 Å². The molecule has 2 unspecified atom stereocenters. The summed E-state index contributed by atoms with van der Waals surface area (Å²) < 4.78 is 5.48. The average Bonchev–Trinajstić information content (AvgIpc) is 2.42. The number of morpholine rings is 1. The van der Waals surface area contributed by atoms with Crippen molar-refractivity contribution in [2.45, 2.75) is 38.8 Å². The van der Waals surface area contributed by atoms with Crippen LogP contribution in [0.5, 0.6) is 0 Å². The molecule has 2 rings (SSSR count). The van der Waals surface area contributed by atoms with E-state index in [-0.39, 0.29) is 0 Å². The molecule has 1 aliphatic rings. The third-order valence-electron chi connectivity index (χ3n) is 3.78. The van der Waals surface area contributed by atoms with Gasteiger partial charge in [-0.2, -0.15) is 0 Å². The van der Waals surface area contributed by atoms with E-state index in [2.05, 4.69) is 48.7 Å². The van der Waals surface area contributed by atoms with Gasteiger partial charge in [0, 0.05) is 18.6 Å². The van der Waals surface area contributed by atoms with Crippen LogP contribution in [-0.4, -0.2) is 38.4 Å². The number of nitrogens with one attached hydrogen (secondary N) is 2. The number of benzene rings is 1. The lowest BCUT2D eigenvalue weighted by molar-refractivity contribution is 0.0713. The summed E-state index contributed by atoms with van der Waals surface area (Å²) in [5.74, 6) is 0. The van der Waals surface area contributed by atoms with Gasteiger partial charge < -0.3 is 15.4 Å². The number of rotatable bonds is 6. The Hall–Kier alpha value is -0.900. The van der Waals surface area contributed by atoms with Crippen LogP contribution in [0.4, 0.5) is 0 Å². The predicted octanol–water partition coefficient (Wildman–Crippen LogP) is 1.89. The Bertz CT molecular complexity index is 375. The fraction of sp³-hybridized carbons (Fsp3) is 0.625. The Morgan fingerprint density at radius 2 is 2.26 bits per heavy atom. The third-order valence-corrected chi connectivity index (χ3v) is 3.78. The zero-order chi connectivity index (χ0) is 13.5. The van der Waals surface area contributed by atoms with Gasteiger partial charge in [0.25, 0.3) is 0 Å². The molecule has 3 heteroatoms. The van der Waals surface area contributed by atoms with Gasteiger partial charge >= 0.3 is 0 Å². The molecule has 2 N–H and O–H groups in total. The zero-order valence-electron chi connectivity index (χ0n) is 12.1. The molecule has 0 aliphatic carbocycles. The lowest BCUT2D eigenvalue weighted by atomic mass is 10.0. The Labute approximate surface area is 116 Å². The Morgan fingerprint density at radius 1 is 1.42 bits per heavy atom. The molecule has 106 valence electrons. The van der Waals surface area contributed by atoms with E-state index in [1.54, 1.807) is 0 Å². The maximum absolute atomic E-state index is 5.48. The van der Waals surface area contributed by atoms with Gasteiger partial charge in [0.2, 0.25) is 0 Å². The third kappa shape index (κ3) is 4.94. The van der Waals surface area contributed by atoms with Crippen molar-refractivity contribution in [3.8, 4) is 0 Å². The van der Waals surface area contributed by atoms with Gasteiger partial charge in [-0.05, 0) is 44.4 Å². The summed E-state index contributed by atoms with van der Waals surface area (Å²) >= 11 is 0. The van der Waals surface area contributed by atoms with Gasteiger partial charge in [0.1, 0.15) is 0 Å². The Balaban J connectivity index is 1.66. The fourth-order valence-corrected chi connectivity index (χ4v) is 2.63. The molecule has 0 saturated carbocycles. The highest BCUT2D eigenvalue weighted by Gasteiger charge is 2.15. The van der Waals surface area contributed by atoms with Gasteiger partial charge in [-0.25, -0.2) is 0 Å². The highest BCUT2D eigenvalue weighted by Crippen LogP contribution is 2.07. The lowest BCUT2D eigenvalue weighted by Crippen LogP contribution is -2.45. The second-order valence-corrected chi connectivity index (χ2v) is 5.49. The molecule has 2 atom stereocenters. The second kappa shape index (κ2) is 7.63. The number of aryl methyl sites for hydroxylation is 1. The molecule has 0 radical (unpaired) electrons. The quantitative estimate of drug-likeness (QED) is 0.821.